The van der Waals surface area contributed by atoms with Crippen LogP contribution in [0.15, 0.2) is 89.5 Å². The van der Waals surface area contributed by atoms with Gasteiger partial charge >= 0.3 is 0 Å². The first-order valence-electron chi connectivity index (χ1n) is 8.20. The molecule has 2 heterocycles. The minimum atomic E-state index is -0.353. The molecule has 134 valence electrons. The second-order valence-electron chi connectivity index (χ2n) is 5.35. The van der Waals surface area contributed by atoms with Gasteiger partial charge in [0.25, 0.3) is 5.91 Å². The van der Waals surface area contributed by atoms with Crippen molar-refractivity contribution in [2.45, 2.75) is 0 Å². The number of aliphatic imine (C=N–C) groups is 1. The van der Waals surface area contributed by atoms with E-state index in [4.69, 9.17) is 4.74 Å². The standard InChI is InChI=1S/C20H17N5O2/c26-20(17-8-12-22-13-9-17)25-24-19(15-27-18-4-2-1-3-5-18)23-14-16-6-10-21-11-7-16/h1-14H,15H2,(H,25,26)/b23-14?,24-19+. The lowest BCUT2D eigenvalue weighted by atomic mass is 10.3. The maximum Gasteiger partial charge on any atom is 0.271 e. The Labute approximate surface area is 156 Å². The molecule has 3 rings (SSSR count). The number of aromatic nitrogens is 2. The molecule has 0 aliphatic heterocycles. The number of benzene rings is 1. The summed E-state index contributed by atoms with van der Waals surface area (Å²) >= 11 is 0. The number of nitrogens with one attached hydrogen (secondary N) is 1. The summed E-state index contributed by atoms with van der Waals surface area (Å²) < 4.78 is 5.68. The molecule has 0 fully saturated rings. The highest BCUT2D eigenvalue weighted by atomic mass is 16.5. The van der Waals surface area contributed by atoms with E-state index in [2.05, 4.69) is 25.5 Å². The van der Waals surface area contributed by atoms with Gasteiger partial charge in [0, 0.05) is 36.6 Å². The number of amidine groups is 1. The molecule has 7 heteroatoms. The predicted molar refractivity (Wildman–Crippen MR) is 103 cm³/mol. The van der Waals surface area contributed by atoms with Crippen LogP contribution in [0.1, 0.15) is 15.9 Å². The number of carbonyl (C=O) groups is 1. The van der Waals surface area contributed by atoms with E-state index in [1.807, 2.05) is 42.5 Å². The minimum Gasteiger partial charge on any atom is -0.486 e. The number of pyridine rings is 2. The normalized spacial score (nSPS) is 11.3. The Kier molecular flexibility index (Phi) is 6.36. The van der Waals surface area contributed by atoms with Crippen molar-refractivity contribution in [3.05, 3.63) is 90.5 Å². The number of hydrazone groups is 1. The number of hydrogen-bond donors (Lipinski definition) is 1. The molecule has 0 atom stereocenters. The summed E-state index contributed by atoms with van der Waals surface area (Å²) in [6.07, 6.45) is 8.06. The van der Waals surface area contributed by atoms with Gasteiger partial charge in [0.2, 0.25) is 0 Å². The number of ether oxygens (including phenoxy) is 1. The summed E-state index contributed by atoms with van der Waals surface area (Å²) in [5.74, 6) is 0.650. The molecule has 0 unspecified atom stereocenters. The fourth-order valence-corrected chi connectivity index (χ4v) is 2.04. The third-order valence-corrected chi connectivity index (χ3v) is 3.41. The number of carbonyl (C=O) groups excluding carboxylic acids is 1. The van der Waals surface area contributed by atoms with Gasteiger partial charge in [0.15, 0.2) is 5.84 Å². The highest BCUT2D eigenvalue weighted by Crippen LogP contribution is 2.08. The summed E-state index contributed by atoms with van der Waals surface area (Å²) in [6, 6.07) is 16.1. The van der Waals surface area contributed by atoms with Crippen molar-refractivity contribution in [1.82, 2.24) is 15.4 Å². The molecule has 7 nitrogen and oxygen atoms in total. The summed E-state index contributed by atoms with van der Waals surface area (Å²) in [5, 5.41) is 4.09. The zero-order valence-electron chi connectivity index (χ0n) is 14.4. The molecule has 0 saturated carbocycles. The number of hydrogen-bond acceptors (Lipinski definition) is 5. The van der Waals surface area contributed by atoms with Gasteiger partial charge in [-0.25, -0.2) is 10.4 Å². The lowest BCUT2D eigenvalue weighted by molar-refractivity contribution is 0.0954. The van der Waals surface area contributed by atoms with Crippen LogP contribution in [0.3, 0.4) is 0 Å². The van der Waals surface area contributed by atoms with E-state index in [-0.39, 0.29) is 12.5 Å². The first-order valence-corrected chi connectivity index (χ1v) is 8.20. The maximum atomic E-state index is 12.2. The van der Waals surface area contributed by atoms with Crippen LogP contribution in [-0.4, -0.2) is 34.5 Å². The van der Waals surface area contributed by atoms with Crippen molar-refractivity contribution < 1.29 is 9.53 Å². The molecule has 27 heavy (non-hydrogen) atoms. The molecule has 0 bridgehead atoms. The van der Waals surface area contributed by atoms with E-state index in [1.165, 1.54) is 0 Å². The summed E-state index contributed by atoms with van der Waals surface area (Å²) in [5.41, 5.74) is 3.80. The first-order chi connectivity index (χ1) is 13.3. The molecule has 0 radical (unpaired) electrons. The maximum absolute atomic E-state index is 12.2. The fourth-order valence-electron chi connectivity index (χ4n) is 2.04. The highest BCUT2D eigenvalue weighted by molar-refractivity contribution is 5.98. The molecule has 0 aliphatic rings. The number of nitrogens with zero attached hydrogens (tertiary/aromatic N) is 4. The average Bonchev–Trinajstić information content (AvgIpc) is 2.75. The van der Waals surface area contributed by atoms with Crippen LogP contribution >= 0.6 is 0 Å². The van der Waals surface area contributed by atoms with E-state index in [1.54, 1.807) is 43.1 Å². The zero-order valence-corrected chi connectivity index (χ0v) is 14.4. The lowest BCUT2D eigenvalue weighted by Gasteiger charge is -2.06. The fraction of sp³-hybridized carbons (Fsp3) is 0.0500. The van der Waals surface area contributed by atoms with Crippen molar-refractivity contribution in [1.29, 1.82) is 0 Å². The molecule has 2 aromatic heterocycles. The molecular formula is C20H17N5O2. The van der Waals surface area contributed by atoms with Gasteiger partial charge in [0.05, 0.1) is 0 Å². The smallest absolute Gasteiger partial charge is 0.271 e. The zero-order chi connectivity index (χ0) is 18.7. The Bertz CT molecular complexity index is 913. The SMILES string of the molecule is O=C(N/N=C(\COc1ccccc1)N=Cc1ccncc1)c1ccncc1. The van der Waals surface area contributed by atoms with Crippen LogP contribution in [0, 0.1) is 0 Å². The third kappa shape index (κ3) is 5.86. The van der Waals surface area contributed by atoms with Crippen LogP contribution in [0.5, 0.6) is 5.75 Å². The molecule has 3 aromatic rings. The summed E-state index contributed by atoms with van der Waals surface area (Å²) in [6.45, 7) is 0.0994. The van der Waals surface area contributed by atoms with Gasteiger partial charge in [-0.15, -0.1) is 0 Å². The van der Waals surface area contributed by atoms with Gasteiger partial charge < -0.3 is 4.74 Å². The van der Waals surface area contributed by atoms with E-state index in [0.29, 0.717) is 17.1 Å². The second-order valence-corrected chi connectivity index (χ2v) is 5.35. The van der Waals surface area contributed by atoms with Gasteiger partial charge in [-0.1, -0.05) is 18.2 Å². The Hall–Kier alpha value is -3.87. The number of amides is 1. The van der Waals surface area contributed by atoms with Gasteiger partial charge in [-0.05, 0) is 42.0 Å². The highest BCUT2D eigenvalue weighted by Gasteiger charge is 2.05. The second kappa shape index (κ2) is 9.57. The van der Waals surface area contributed by atoms with Crippen molar-refractivity contribution >= 4 is 18.0 Å². The predicted octanol–water partition coefficient (Wildman–Crippen LogP) is 2.72. The Morgan fingerprint density at radius 1 is 0.963 bits per heavy atom. The van der Waals surface area contributed by atoms with Gasteiger partial charge in [0.1, 0.15) is 12.4 Å². The minimum absolute atomic E-state index is 0.0994. The van der Waals surface area contributed by atoms with Crippen LogP contribution in [-0.2, 0) is 0 Å². The largest absolute Gasteiger partial charge is 0.486 e. The molecule has 1 N–H and O–H groups in total. The van der Waals surface area contributed by atoms with E-state index in [9.17, 15) is 4.79 Å². The molecule has 1 aromatic carbocycles. The monoisotopic (exact) mass is 359 g/mol. The van der Waals surface area contributed by atoms with E-state index < -0.39 is 0 Å². The van der Waals surface area contributed by atoms with Gasteiger partial charge in [-0.2, -0.15) is 5.10 Å². The Balaban J connectivity index is 1.71. The molecule has 0 aliphatic carbocycles. The Morgan fingerprint density at radius 2 is 1.63 bits per heavy atom. The number of para-hydroxylation sites is 1. The Morgan fingerprint density at radius 3 is 2.33 bits per heavy atom. The van der Waals surface area contributed by atoms with Gasteiger partial charge in [-0.3, -0.25) is 14.8 Å². The van der Waals surface area contributed by atoms with Crippen molar-refractivity contribution in [3.8, 4) is 5.75 Å². The lowest BCUT2D eigenvalue weighted by Crippen LogP contribution is -2.21. The van der Waals surface area contributed by atoms with Crippen LogP contribution in [0.2, 0.25) is 0 Å². The molecule has 1 amide bonds. The third-order valence-electron chi connectivity index (χ3n) is 3.41. The molecule has 0 saturated heterocycles. The summed E-state index contributed by atoms with van der Waals surface area (Å²) in [4.78, 5) is 24.3. The van der Waals surface area contributed by atoms with Crippen LogP contribution in [0.4, 0.5) is 0 Å². The number of rotatable bonds is 6. The van der Waals surface area contributed by atoms with Crippen molar-refractivity contribution in [3.63, 3.8) is 0 Å². The average molecular weight is 359 g/mol. The van der Waals surface area contributed by atoms with Crippen LogP contribution in [0.25, 0.3) is 0 Å². The van der Waals surface area contributed by atoms with E-state index >= 15 is 0 Å². The summed E-state index contributed by atoms with van der Waals surface area (Å²) in [7, 11) is 0. The van der Waals surface area contributed by atoms with E-state index in [0.717, 1.165) is 5.56 Å². The molecule has 0 spiro atoms. The molecular weight excluding hydrogens is 342 g/mol. The van der Waals surface area contributed by atoms with Crippen molar-refractivity contribution in [2.24, 2.45) is 10.1 Å². The van der Waals surface area contributed by atoms with Crippen LogP contribution < -0.4 is 10.2 Å². The topological polar surface area (TPSA) is 88.8 Å². The van der Waals surface area contributed by atoms with Crippen molar-refractivity contribution in [2.75, 3.05) is 6.61 Å². The first kappa shape index (κ1) is 17.9. The quantitative estimate of drug-likeness (QED) is 0.416.